The van der Waals surface area contributed by atoms with Crippen LogP contribution >= 0.6 is 0 Å². The largest absolute Gasteiger partial charge is 0.487 e. The molecular weight excluding hydrogens is 416 g/mol. The molecule has 0 radical (unpaired) electrons. The molecule has 0 bridgehead atoms. The molecule has 1 saturated carbocycles. The Bertz CT molecular complexity index is 1130. The van der Waals surface area contributed by atoms with Gasteiger partial charge in [-0.3, -0.25) is 4.98 Å². The van der Waals surface area contributed by atoms with Gasteiger partial charge in [-0.1, -0.05) is 0 Å². The quantitative estimate of drug-likeness (QED) is 0.626. The monoisotopic (exact) mass is 441 g/mol. The highest BCUT2D eigenvalue weighted by molar-refractivity contribution is 5.80. The lowest BCUT2D eigenvalue weighted by molar-refractivity contribution is 0.0835. The van der Waals surface area contributed by atoms with Crippen LogP contribution in [0.5, 0.6) is 5.75 Å². The zero-order valence-corrected chi connectivity index (χ0v) is 17.8. The molecule has 3 heterocycles. The van der Waals surface area contributed by atoms with Gasteiger partial charge >= 0.3 is 0 Å². The Labute approximate surface area is 184 Å². The zero-order valence-electron chi connectivity index (χ0n) is 17.8. The summed E-state index contributed by atoms with van der Waals surface area (Å²) in [6.07, 6.45) is 4.01. The van der Waals surface area contributed by atoms with Crippen molar-refractivity contribution in [2.75, 3.05) is 23.3 Å². The Hall–Kier alpha value is -3.07. The van der Waals surface area contributed by atoms with Crippen LogP contribution in [-0.2, 0) is 0 Å². The first kappa shape index (κ1) is 20.8. The maximum atomic E-state index is 13.9. The van der Waals surface area contributed by atoms with E-state index in [9.17, 15) is 13.9 Å². The number of anilines is 2. The first-order valence-electron chi connectivity index (χ1n) is 10.9. The first-order chi connectivity index (χ1) is 15.4. The van der Waals surface area contributed by atoms with E-state index in [1.165, 1.54) is 12.1 Å². The molecule has 1 aliphatic carbocycles. The molecular formula is C23H25F2N5O2. The third-order valence-corrected chi connectivity index (χ3v) is 6.05. The lowest BCUT2D eigenvalue weighted by Crippen LogP contribution is -2.41. The van der Waals surface area contributed by atoms with Crippen LogP contribution in [0.4, 0.5) is 20.4 Å². The minimum Gasteiger partial charge on any atom is -0.487 e. The van der Waals surface area contributed by atoms with E-state index in [2.05, 4.69) is 15.2 Å². The van der Waals surface area contributed by atoms with Crippen molar-refractivity contribution in [1.82, 2.24) is 15.0 Å². The van der Waals surface area contributed by atoms with Crippen molar-refractivity contribution in [2.24, 2.45) is 0 Å². The van der Waals surface area contributed by atoms with Gasteiger partial charge in [0.05, 0.1) is 17.8 Å². The molecule has 0 spiro atoms. The van der Waals surface area contributed by atoms with Gasteiger partial charge in [0.25, 0.3) is 0 Å². The van der Waals surface area contributed by atoms with Gasteiger partial charge in [0, 0.05) is 43.7 Å². The molecule has 5 rings (SSSR count). The van der Waals surface area contributed by atoms with Crippen molar-refractivity contribution >= 4 is 22.7 Å². The van der Waals surface area contributed by atoms with E-state index in [-0.39, 0.29) is 24.0 Å². The summed E-state index contributed by atoms with van der Waals surface area (Å²) >= 11 is 0. The summed E-state index contributed by atoms with van der Waals surface area (Å²) in [6, 6.07) is 5.43. The first-order valence-corrected chi connectivity index (χ1v) is 10.9. The number of hydrogen-bond donors (Lipinski definition) is 2. The Morgan fingerprint density at radius 1 is 1.09 bits per heavy atom. The van der Waals surface area contributed by atoms with Gasteiger partial charge in [-0.15, -0.1) is 0 Å². The number of nitrogens with one attached hydrogen (secondary N) is 1. The van der Waals surface area contributed by atoms with Crippen LogP contribution in [0.2, 0.25) is 0 Å². The molecule has 32 heavy (non-hydrogen) atoms. The average Bonchev–Trinajstić information content (AvgIpc) is 2.75. The maximum absolute atomic E-state index is 13.9. The number of rotatable bonds is 5. The summed E-state index contributed by atoms with van der Waals surface area (Å²) in [5.74, 6) is 0.204. The average molecular weight is 441 g/mol. The van der Waals surface area contributed by atoms with Crippen LogP contribution in [-0.4, -0.2) is 51.4 Å². The zero-order chi connectivity index (χ0) is 22.2. The van der Waals surface area contributed by atoms with E-state index >= 15 is 0 Å². The molecule has 0 atom stereocenters. The van der Waals surface area contributed by atoms with E-state index in [1.807, 2.05) is 13.0 Å². The van der Waals surface area contributed by atoms with Gasteiger partial charge in [-0.05, 0) is 38.0 Å². The summed E-state index contributed by atoms with van der Waals surface area (Å²) < 4.78 is 32.9. The minimum atomic E-state index is -0.690. The van der Waals surface area contributed by atoms with Crippen LogP contribution in [0, 0.1) is 18.6 Å². The van der Waals surface area contributed by atoms with Crippen molar-refractivity contribution in [2.45, 2.75) is 50.9 Å². The Balaban J connectivity index is 1.34. The topological polar surface area (TPSA) is 83.4 Å². The van der Waals surface area contributed by atoms with E-state index < -0.39 is 11.6 Å². The third-order valence-electron chi connectivity index (χ3n) is 6.05. The number of halogens is 2. The Morgan fingerprint density at radius 3 is 2.59 bits per heavy atom. The highest BCUT2D eigenvalue weighted by Crippen LogP contribution is 2.32. The highest BCUT2D eigenvalue weighted by atomic mass is 19.1. The molecule has 1 aromatic carbocycles. The molecule has 168 valence electrons. The van der Waals surface area contributed by atoms with Gasteiger partial charge in [-0.25, -0.2) is 18.7 Å². The normalized spacial score (nSPS) is 21.4. The van der Waals surface area contributed by atoms with Crippen LogP contribution in [0.3, 0.4) is 0 Å². The second-order valence-corrected chi connectivity index (χ2v) is 8.56. The fraction of sp³-hybridized carbons (Fsp3) is 0.435. The lowest BCUT2D eigenvalue weighted by atomic mass is 9.89. The number of piperidine rings is 1. The predicted molar refractivity (Wildman–Crippen MR) is 117 cm³/mol. The van der Waals surface area contributed by atoms with E-state index in [1.54, 1.807) is 6.20 Å². The second-order valence-electron chi connectivity index (χ2n) is 8.56. The second kappa shape index (κ2) is 8.46. The lowest BCUT2D eigenvalue weighted by Gasteiger charge is -2.36. The predicted octanol–water partition coefficient (Wildman–Crippen LogP) is 3.59. The molecule has 2 N–H and O–H groups in total. The summed E-state index contributed by atoms with van der Waals surface area (Å²) in [7, 11) is 0. The summed E-state index contributed by atoms with van der Waals surface area (Å²) in [4.78, 5) is 16.1. The minimum absolute atomic E-state index is 0.0719. The fourth-order valence-electron chi connectivity index (χ4n) is 4.20. The number of aryl methyl sites for hydroxylation is 1. The Kier molecular flexibility index (Phi) is 5.50. The summed E-state index contributed by atoms with van der Waals surface area (Å²) in [6.45, 7) is 3.24. The number of ether oxygens (including phenoxy) is 1. The molecule has 0 unspecified atom stereocenters. The number of pyridine rings is 1. The number of aromatic nitrogens is 3. The number of benzene rings is 1. The molecule has 3 aromatic rings. The van der Waals surface area contributed by atoms with Gasteiger partial charge in [-0.2, -0.15) is 0 Å². The molecule has 0 amide bonds. The summed E-state index contributed by atoms with van der Waals surface area (Å²) in [5, 5.41) is 13.1. The van der Waals surface area contributed by atoms with Crippen LogP contribution in [0.15, 0.2) is 30.5 Å². The molecule has 2 aliphatic rings. The third kappa shape index (κ3) is 4.29. The number of fused-ring (bicyclic) bond motifs is 1. The SMILES string of the molecule is Cc1cc2nc(N[C@H]3C[C@@H](O)C3)c(N3CCC(Oc4ccc(F)cc4F)CC3)nc2cn1. The van der Waals surface area contributed by atoms with Crippen molar-refractivity contribution in [1.29, 1.82) is 0 Å². The number of aliphatic hydroxyl groups excluding tert-OH is 1. The smallest absolute Gasteiger partial charge is 0.172 e. The van der Waals surface area contributed by atoms with Gasteiger partial charge < -0.3 is 20.1 Å². The van der Waals surface area contributed by atoms with Crippen molar-refractivity contribution in [3.63, 3.8) is 0 Å². The van der Waals surface area contributed by atoms with Crippen molar-refractivity contribution in [3.05, 3.63) is 47.8 Å². The summed E-state index contributed by atoms with van der Waals surface area (Å²) in [5.41, 5.74) is 2.36. The van der Waals surface area contributed by atoms with E-state index in [4.69, 9.17) is 14.7 Å². The molecule has 2 fully saturated rings. The molecule has 9 heteroatoms. The maximum Gasteiger partial charge on any atom is 0.172 e. The van der Waals surface area contributed by atoms with Gasteiger partial charge in [0.1, 0.15) is 17.4 Å². The van der Waals surface area contributed by atoms with Gasteiger partial charge in [0.15, 0.2) is 23.2 Å². The fourth-order valence-corrected chi connectivity index (χ4v) is 4.20. The van der Waals surface area contributed by atoms with Crippen LogP contribution in [0.1, 0.15) is 31.4 Å². The number of hydrogen-bond acceptors (Lipinski definition) is 7. The molecule has 7 nitrogen and oxygen atoms in total. The van der Waals surface area contributed by atoms with Crippen molar-refractivity contribution < 1.29 is 18.6 Å². The van der Waals surface area contributed by atoms with E-state index in [0.29, 0.717) is 44.6 Å². The molecule has 1 aliphatic heterocycles. The molecule has 1 saturated heterocycles. The Morgan fingerprint density at radius 2 is 1.88 bits per heavy atom. The van der Waals surface area contributed by atoms with Gasteiger partial charge in [0.2, 0.25) is 0 Å². The van der Waals surface area contributed by atoms with Crippen molar-refractivity contribution in [3.8, 4) is 5.75 Å². The highest BCUT2D eigenvalue weighted by Gasteiger charge is 2.30. The standard InChI is InChI=1S/C23H25F2N5O2/c1-13-8-19-20(12-26-13)29-23(22(28-19)27-15-10-16(31)11-15)30-6-4-17(5-7-30)32-21-3-2-14(24)9-18(21)25/h2-3,8-9,12,15-17,31H,4-7,10-11H2,1H3,(H,27,28)/t15-,16+. The number of aliphatic hydroxyl groups is 1. The van der Waals surface area contributed by atoms with Crippen LogP contribution in [0.25, 0.3) is 11.0 Å². The molecule has 2 aromatic heterocycles. The van der Waals surface area contributed by atoms with Crippen LogP contribution < -0.4 is 15.0 Å². The van der Waals surface area contributed by atoms with E-state index in [0.717, 1.165) is 28.6 Å². The number of nitrogens with zero attached hydrogens (tertiary/aromatic N) is 4.